The zero-order valence-electron chi connectivity index (χ0n) is 15.4. The summed E-state index contributed by atoms with van der Waals surface area (Å²) in [6.07, 6.45) is -0.540. The number of methoxy groups -OCH3 is 2. The van der Waals surface area contributed by atoms with Gasteiger partial charge in [-0.2, -0.15) is 0 Å². The van der Waals surface area contributed by atoms with Crippen LogP contribution in [0.15, 0.2) is 18.2 Å². The Morgan fingerprint density at radius 3 is 1.96 bits per heavy atom. The summed E-state index contributed by atoms with van der Waals surface area (Å²) in [4.78, 5) is 0. The highest BCUT2D eigenvalue weighted by Gasteiger charge is 2.19. The third kappa shape index (κ3) is 7.45. The van der Waals surface area contributed by atoms with Crippen molar-refractivity contribution in [1.82, 2.24) is 0 Å². The first-order valence-corrected chi connectivity index (χ1v) is 8.61. The lowest BCUT2D eigenvalue weighted by Gasteiger charge is -2.19. The molecule has 0 bridgehead atoms. The maximum absolute atomic E-state index is 5.83. The fraction of sp³-hybridized carbons (Fsp3) is 0.667. The number of fused-ring (bicyclic) bond motifs is 1. The average molecular weight is 372 g/mol. The zero-order chi connectivity index (χ0) is 18.5. The first-order valence-electron chi connectivity index (χ1n) is 8.61. The van der Waals surface area contributed by atoms with Crippen LogP contribution in [0.2, 0.25) is 0 Å². The van der Waals surface area contributed by atoms with E-state index in [1.165, 1.54) is 0 Å². The SMILES string of the molecule is COCCOCCOC(OCCOCCOC)c1ccc2c(c1)OCO2. The molecule has 0 aliphatic carbocycles. The van der Waals surface area contributed by atoms with Gasteiger partial charge in [0.2, 0.25) is 6.79 Å². The van der Waals surface area contributed by atoms with E-state index in [4.69, 9.17) is 37.9 Å². The van der Waals surface area contributed by atoms with Crippen LogP contribution in [-0.2, 0) is 28.4 Å². The molecule has 1 aromatic rings. The predicted molar refractivity (Wildman–Crippen MR) is 92.6 cm³/mol. The average Bonchev–Trinajstić information content (AvgIpc) is 3.13. The van der Waals surface area contributed by atoms with Crippen molar-refractivity contribution in [3.63, 3.8) is 0 Å². The Kier molecular flexibility index (Phi) is 10.3. The monoisotopic (exact) mass is 372 g/mol. The maximum Gasteiger partial charge on any atom is 0.231 e. The molecule has 1 aliphatic heterocycles. The number of benzene rings is 1. The molecular weight excluding hydrogens is 344 g/mol. The normalized spacial score (nSPS) is 12.9. The molecule has 0 N–H and O–H groups in total. The second kappa shape index (κ2) is 12.9. The summed E-state index contributed by atoms with van der Waals surface area (Å²) in [6.45, 7) is 4.11. The molecule has 0 radical (unpaired) electrons. The number of hydrogen-bond donors (Lipinski definition) is 0. The molecule has 0 amide bonds. The summed E-state index contributed by atoms with van der Waals surface area (Å²) in [5, 5.41) is 0. The van der Waals surface area contributed by atoms with Gasteiger partial charge in [-0.15, -0.1) is 0 Å². The highest BCUT2D eigenvalue weighted by Crippen LogP contribution is 2.35. The second-order valence-corrected chi connectivity index (χ2v) is 5.40. The Morgan fingerprint density at radius 2 is 1.35 bits per heavy atom. The van der Waals surface area contributed by atoms with Crippen molar-refractivity contribution in [2.24, 2.45) is 0 Å². The molecule has 8 heteroatoms. The van der Waals surface area contributed by atoms with E-state index < -0.39 is 6.29 Å². The van der Waals surface area contributed by atoms with Gasteiger partial charge in [0.1, 0.15) is 0 Å². The predicted octanol–water partition coefficient (Wildman–Crippen LogP) is 1.77. The van der Waals surface area contributed by atoms with Crippen molar-refractivity contribution < 1.29 is 37.9 Å². The van der Waals surface area contributed by atoms with E-state index in [-0.39, 0.29) is 6.79 Å². The minimum atomic E-state index is -0.540. The van der Waals surface area contributed by atoms with Crippen molar-refractivity contribution in [2.45, 2.75) is 6.29 Å². The van der Waals surface area contributed by atoms with Crippen molar-refractivity contribution >= 4 is 0 Å². The molecule has 148 valence electrons. The number of hydrogen-bond acceptors (Lipinski definition) is 8. The van der Waals surface area contributed by atoms with E-state index in [9.17, 15) is 0 Å². The third-order valence-corrected chi connectivity index (χ3v) is 3.53. The lowest BCUT2D eigenvalue weighted by atomic mass is 10.2. The molecule has 2 rings (SSSR count). The smallest absolute Gasteiger partial charge is 0.231 e. The van der Waals surface area contributed by atoms with Crippen molar-refractivity contribution in [1.29, 1.82) is 0 Å². The fourth-order valence-electron chi connectivity index (χ4n) is 2.22. The Bertz CT molecular complexity index is 480. The molecule has 26 heavy (non-hydrogen) atoms. The van der Waals surface area contributed by atoms with E-state index in [0.29, 0.717) is 58.6 Å². The summed E-state index contributed by atoms with van der Waals surface area (Å²) >= 11 is 0. The number of rotatable bonds is 15. The zero-order valence-corrected chi connectivity index (χ0v) is 15.4. The van der Waals surface area contributed by atoms with Gasteiger partial charge in [-0.25, -0.2) is 0 Å². The lowest BCUT2D eigenvalue weighted by molar-refractivity contribution is -0.163. The van der Waals surface area contributed by atoms with E-state index in [1.54, 1.807) is 14.2 Å². The summed E-state index contributed by atoms with van der Waals surface area (Å²) in [5.41, 5.74) is 0.850. The largest absolute Gasteiger partial charge is 0.454 e. The molecule has 1 aliphatic rings. The molecule has 0 aromatic heterocycles. The van der Waals surface area contributed by atoms with Crippen LogP contribution in [0.5, 0.6) is 11.5 Å². The van der Waals surface area contributed by atoms with Crippen LogP contribution in [0.4, 0.5) is 0 Å². The molecule has 0 unspecified atom stereocenters. The van der Waals surface area contributed by atoms with Gasteiger partial charge in [-0.05, 0) is 18.2 Å². The standard InChI is InChI=1S/C18H28O8/c1-19-5-7-21-9-11-23-18(24-12-10-22-8-6-20-2)15-3-4-16-17(13-15)26-14-25-16/h3-4,13,18H,5-12,14H2,1-2H3. The first-order chi connectivity index (χ1) is 12.8. The Labute approximate surface area is 154 Å². The quantitative estimate of drug-likeness (QED) is 0.341. The van der Waals surface area contributed by atoms with E-state index in [1.807, 2.05) is 18.2 Å². The van der Waals surface area contributed by atoms with Gasteiger partial charge < -0.3 is 37.9 Å². The molecule has 1 heterocycles. The molecule has 0 fully saturated rings. The van der Waals surface area contributed by atoms with E-state index in [0.717, 1.165) is 11.3 Å². The molecular formula is C18H28O8. The van der Waals surface area contributed by atoms with Crippen molar-refractivity contribution in [2.75, 3.05) is 73.9 Å². The van der Waals surface area contributed by atoms with E-state index in [2.05, 4.69) is 0 Å². The van der Waals surface area contributed by atoms with Gasteiger partial charge in [-0.1, -0.05) is 0 Å². The Morgan fingerprint density at radius 1 is 0.769 bits per heavy atom. The van der Waals surface area contributed by atoms with Crippen LogP contribution in [-0.4, -0.2) is 73.9 Å². The molecule has 0 saturated carbocycles. The van der Waals surface area contributed by atoms with Crippen LogP contribution in [0.3, 0.4) is 0 Å². The van der Waals surface area contributed by atoms with Crippen LogP contribution in [0.25, 0.3) is 0 Å². The first kappa shape index (κ1) is 20.9. The highest BCUT2D eigenvalue weighted by atomic mass is 16.7. The third-order valence-electron chi connectivity index (χ3n) is 3.53. The van der Waals surface area contributed by atoms with Crippen molar-refractivity contribution in [3.05, 3.63) is 23.8 Å². The molecule has 0 spiro atoms. The van der Waals surface area contributed by atoms with Gasteiger partial charge in [0, 0.05) is 19.8 Å². The van der Waals surface area contributed by atoms with Gasteiger partial charge in [0.15, 0.2) is 17.8 Å². The summed E-state index contributed by atoms with van der Waals surface area (Å²) in [7, 11) is 3.27. The molecule has 8 nitrogen and oxygen atoms in total. The van der Waals surface area contributed by atoms with Gasteiger partial charge in [0.05, 0.1) is 52.9 Å². The van der Waals surface area contributed by atoms with Crippen molar-refractivity contribution in [3.8, 4) is 11.5 Å². The van der Waals surface area contributed by atoms with Crippen LogP contribution in [0.1, 0.15) is 11.9 Å². The maximum atomic E-state index is 5.83. The number of ether oxygens (including phenoxy) is 8. The molecule has 0 atom stereocenters. The van der Waals surface area contributed by atoms with Crippen LogP contribution >= 0.6 is 0 Å². The van der Waals surface area contributed by atoms with Crippen LogP contribution < -0.4 is 9.47 Å². The topological polar surface area (TPSA) is 73.8 Å². The minimum absolute atomic E-state index is 0.228. The second-order valence-electron chi connectivity index (χ2n) is 5.40. The lowest BCUT2D eigenvalue weighted by Crippen LogP contribution is -2.17. The van der Waals surface area contributed by atoms with Gasteiger partial charge in [0.25, 0.3) is 0 Å². The molecule has 0 saturated heterocycles. The Balaban J connectivity index is 1.80. The minimum Gasteiger partial charge on any atom is -0.454 e. The van der Waals surface area contributed by atoms with Gasteiger partial charge >= 0.3 is 0 Å². The van der Waals surface area contributed by atoms with Crippen LogP contribution in [0, 0.1) is 0 Å². The van der Waals surface area contributed by atoms with E-state index >= 15 is 0 Å². The fourth-order valence-corrected chi connectivity index (χ4v) is 2.22. The Hall–Kier alpha value is -1.42. The summed E-state index contributed by atoms with van der Waals surface area (Å²) < 4.78 is 43.1. The highest BCUT2D eigenvalue weighted by molar-refractivity contribution is 5.44. The summed E-state index contributed by atoms with van der Waals surface area (Å²) in [6, 6.07) is 5.61. The molecule has 1 aromatic carbocycles. The summed E-state index contributed by atoms with van der Waals surface area (Å²) in [5.74, 6) is 1.41. The van der Waals surface area contributed by atoms with Gasteiger partial charge in [-0.3, -0.25) is 0 Å².